The third-order valence-corrected chi connectivity index (χ3v) is 9.45. The number of benzene rings is 2. The van der Waals surface area contributed by atoms with Crippen molar-refractivity contribution in [1.82, 2.24) is 0 Å². The van der Waals surface area contributed by atoms with Crippen molar-refractivity contribution in [2.45, 2.75) is 21.9 Å². The summed E-state index contributed by atoms with van der Waals surface area (Å²) in [7, 11) is -6.56. The quantitative estimate of drug-likeness (QED) is 0.576. The van der Waals surface area contributed by atoms with Crippen molar-refractivity contribution in [2.75, 3.05) is 22.7 Å². The van der Waals surface area contributed by atoms with Crippen LogP contribution in [0.15, 0.2) is 63.0 Å². The lowest BCUT2D eigenvalue weighted by Gasteiger charge is -2.30. The van der Waals surface area contributed by atoms with Crippen molar-refractivity contribution < 1.29 is 26.0 Å². The molecule has 2 heterocycles. The highest BCUT2D eigenvalue weighted by molar-refractivity contribution is 7.94. The van der Waals surface area contributed by atoms with Crippen LogP contribution in [0.25, 0.3) is 0 Å². The Hall–Kier alpha value is -2.63. The van der Waals surface area contributed by atoms with Gasteiger partial charge >= 0.3 is 0 Å². The van der Waals surface area contributed by atoms with Gasteiger partial charge in [-0.15, -0.1) is 11.3 Å². The average Bonchev–Trinajstić information content (AvgIpc) is 3.29. The van der Waals surface area contributed by atoms with Gasteiger partial charge in [-0.2, -0.15) is 0 Å². The van der Waals surface area contributed by atoms with E-state index < -0.39 is 25.9 Å². The summed E-state index contributed by atoms with van der Waals surface area (Å²) < 4.78 is 74.3. The molecule has 0 saturated carbocycles. The van der Waals surface area contributed by atoms with E-state index in [0.717, 1.165) is 23.0 Å². The van der Waals surface area contributed by atoms with Crippen LogP contribution < -0.4 is 13.8 Å². The third kappa shape index (κ3) is 4.12. The molecule has 3 aromatic rings. The van der Waals surface area contributed by atoms with Gasteiger partial charge in [0.2, 0.25) is 0 Å². The van der Waals surface area contributed by atoms with E-state index in [-0.39, 0.29) is 20.5 Å². The van der Waals surface area contributed by atoms with Gasteiger partial charge < -0.3 is 4.74 Å². The van der Waals surface area contributed by atoms with Gasteiger partial charge in [0.05, 0.1) is 23.4 Å². The number of fused-ring (bicyclic) bond motifs is 1. The summed E-state index contributed by atoms with van der Waals surface area (Å²) in [4.78, 5) is -0.272. The molecule has 31 heavy (non-hydrogen) atoms. The van der Waals surface area contributed by atoms with E-state index in [4.69, 9.17) is 4.74 Å². The summed E-state index contributed by atoms with van der Waals surface area (Å²) in [6.45, 7) is 0.299. The van der Waals surface area contributed by atoms with E-state index in [9.17, 15) is 21.2 Å². The van der Waals surface area contributed by atoms with Crippen molar-refractivity contribution in [3.8, 4) is 5.75 Å². The van der Waals surface area contributed by atoms with E-state index in [0.29, 0.717) is 25.1 Å². The smallest absolute Gasteiger partial charge is 0.273 e. The van der Waals surface area contributed by atoms with Gasteiger partial charge in [0.25, 0.3) is 20.0 Å². The molecule has 11 heteroatoms. The molecule has 0 atom stereocenters. The number of ether oxygens (including phenoxy) is 1. The zero-order chi connectivity index (χ0) is 22.2. The zero-order valence-electron chi connectivity index (χ0n) is 16.4. The number of hydrogen-bond donors (Lipinski definition) is 1. The summed E-state index contributed by atoms with van der Waals surface area (Å²) in [5.41, 5.74) is 1.42. The van der Waals surface area contributed by atoms with Crippen molar-refractivity contribution in [1.29, 1.82) is 0 Å². The van der Waals surface area contributed by atoms with Crippen LogP contribution in [0.3, 0.4) is 0 Å². The van der Waals surface area contributed by atoms with Crippen molar-refractivity contribution in [2.24, 2.45) is 0 Å². The van der Waals surface area contributed by atoms with Gasteiger partial charge in [-0.25, -0.2) is 21.2 Å². The Bertz CT molecular complexity index is 1320. The fourth-order valence-electron chi connectivity index (χ4n) is 3.40. The lowest BCUT2D eigenvalue weighted by Crippen LogP contribution is -2.35. The number of anilines is 2. The van der Waals surface area contributed by atoms with E-state index >= 15 is 0 Å². The number of aryl methyl sites for hydroxylation is 1. The summed E-state index contributed by atoms with van der Waals surface area (Å²) in [6, 6.07) is 11.3. The zero-order valence-corrected chi connectivity index (χ0v) is 18.9. The van der Waals surface area contributed by atoms with Gasteiger partial charge in [-0.3, -0.25) is 9.03 Å². The molecule has 164 valence electrons. The molecule has 0 bridgehead atoms. The van der Waals surface area contributed by atoms with Gasteiger partial charge in [0, 0.05) is 6.54 Å². The monoisotopic (exact) mass is 482 g/mol. The molecule has 0 saturated heterocycles. The lowest BCUT2D eigenvalue weighted by atomic mass is 10.0. The van der Waals surface area contributed by atoms with Crippen molar-refractivity contribution in [3.63, 3.8) is 0 Å². The summed E-state index contributed by atoms with van der Waals surface area (Å²) in [5.74, 6) is -0.869. The van der Waals surface area contributed by atoms with Crippen LogP contribution in [0.4, 0.5) is 15.8 Å². The first kappa shape index (κ1) is 21.6. The minimum absolute atomic E-state index is 0.0674. The normalized spacial score (nSPS) is 14.2. The SMILES string of the molecule is COc1ccc(S(=O)(=O)Nc2ccc3c(c2)N(S(=O)(=O)c2cccs2)CCC3)cc1F. The second-order valence-corrected chi connectivity index (χ2v) is 11.6. The fraction of sp³-hybridized carbons (Fsp3) is 0.200. The minimum Gasteiger partial charge on any atom is -0.494 e. The number of rotatable bonds is 6. The first-order chi connectivity index (χ1) is 14.7. The predicted molar refractivity (Wildman–Crippen MR) is 117 cm³/mol. The van der Waals surface area contributed by atoms with Crippen LogP contribution in [0, 0.1) is 5.82 Å². The molecular formula is C20H19FN2O5S3. The number of nitrogens with zero attached hydrogens (tertiary/aromatic N) is 1. The molecule has 1 aliphatic rings. The molecule has 1 N–H and O–H groups in total. The number of hydrogen-bond acceptors (Lipinski definition) is 6. The Kier molecular flexibility index (Phi) is 5.67. The Morgan fingerprint density at radius 3 is 2.58 bits per heavy atom. The van der Waals surface area contributed by atoms with Crippen LogP contribution in [-0.2, 0) is 26.5 Å². The van der Waals surface area contributed by atoms with E-state index in [1.807, 2.05) is 0 Å². The number of halogens is 1. The molecule has 4 rings (SSSR count). The predicted octanol–water partition coefficient (Wildman–Crippen LogP) is 3.84. The van der Waals surface area contributed by atoms with Crippen LogP contribution in [0.5, 0.6) is 5.75 Å². The second-order valence-electron chi connectivity index (χ2n) is 6.86. The maximum absolute atomic E-state index is 14.0. The maximum Gasteiger partial charge on any atom is 0.273 e. The first-order valence-corrected chi connectivity index (χ1v) is 13.1. The number of thiophene rings is 1. The average molecular weight is 483 g/mol. The highest BCUT2D eigenvalue weighted by atomic mass is 32.2. The summed E-state index contributed by atoms with van der Waals surface area (Å²) in [6.07, 6.45) is 1.34. The summed E-state index contributed by atoms with van der Waals surface area (Å²) >= 11 is 1.13. The molecular weight excluding hydrogens is 463 g/mol. The Balaban J connectivity index is 1.68. The Morgan fingerprint density at radius 1 is 1.10 bits per heavy atom. The summed E-state index contributed by atoms with van der Waals surface area (Å²) in [5, 5.41) is 1.69. The van der Waals surface area contributed by atoms with E-state index in [1.54, 1.807) is 29.6 Å². The van der Waals surface area contributed by atoms with Crippen molar-refractivity contribution >= 4 is 42.8 Å². The van der Waals surface area contributed by atoms with Gasteiger partial charge in [-0.05, 0) is 60.2 Å². The molecule has 1 aromatic heterocycles. The first-order valence-electron chi connectivity index (χ1n) is 9.28. The highest BCUT2D eigenvalue weighted by Crippen LogP contribution is 2.35. The molecule has 0 spiro atoms. The standard InChI is InChI=1S/C20H19FN2O5S3/c1-28-19-9-8-16(13-17(19)21)30(24,25)22-15-7-6-14-4-2-10-23(18(14)12-15)31(26,27)20-5-3-11-29-20/h3,5-9,11-13,22H,2,4,10H2,1H3. The molecule has 1 aliphatic heterocycles. The molecule has 7 nitrogen and oxygen atoms in total. The molecule has 0 unspecified atom stereocenters. The largest absolute Gasteiger partial charge is 0.494 e. The van der Waals surface area contributed by atoms with Crippen LogP contribution in [-0.4, -0.2) is 30.5 Å². The molecule has 0 fully saturated rings. The van der Waals surface area contributed by atoms with Gasteiger partial charge in [0.1, 0.15) is 4.21 Å². The molecule has 0 aliphatic carbocycles. The minimum atomic E-state index is -4.09. The van der Waals surface area contributed by atoms with Crippen molar-refractivity contribution in [3.05, 3.63) is 65.3 Å². The number of nitrogens with one attached hydrogen (secondary N) is 1. The fourth-order valence-corrected chi connectivity index (χ4v) is 7.10. The van der Waals surface area contributed by atoms with Gasteiger partial charge in [-0.1, -0.05) is 12.1 Å². The molecule has 2 aromatic carbocycles. The Labute approximate surface area is 184 Å². The van der Waals surface area contributed by atoms with E-state index in [2.05, 4.69) is 4.72 Å². The number of sulfonamides is 2. The van der Waals surface area contributed by atoms with Crippen LogP contribution in [0.2, 0.25) is 0 Å². The number of methoxy groups -OCH3 is 1. The third-order valence-electron chi connectivity index (χ3n) is 4.89. The van der Waals surface area contributed by atoms with Crippen LogP contribution >= 0.6 is 11.3 Å². The van der Waals surface area contributed by atoms with Crippen LogP contribution in [0.1, 0.15) is 12.0 Å². The molecule has 0 radical (unpaired) electrons. The lowest BCUT2D eigenvalue weighted by molar-refractivity contribution is 0.385. The van der Waals surface area contributed by atoms with E-state index in [1.165, 1.54) is 29.6 Å². The topological polar surface area (TPSA) is 92.8 Å². The Morgan fingerprint density at radius 2 is 1.90 bits per heavy atom. The highest BCUT2D eigenvalue weighted by Gasteiger charge is 2.30. The molecule has 0 amide bonds. The maximum atomic E-state index is 14.0. The second kappa shape index (κ2) is 8.13. The van der Waals surface area contributed by atoms with Gasteiger partial charge in [0.15, 0.2) is 11.6 Å².